The molecule has 3 aromatic carbocycles. The summed E-state index contributed by atoms with van der Waals surface area (Å²) in [5, 5.41) is 9.01. The van der Waals surface area contributed by atoms with Gasteiger partial charge in [0.05, 0.1) is 6.42 Å². The van der Waals surface area contributed by atoms with Gasteiger partial charge in [0.25, 0.3) is 0 Å². The predicted octanol–water partition coefficient (Wildman–Crippen LogP) is 4.98. The van der Waals surface area contributed by atoms with Gasteiger partial charge in [-0.05, 0) is 11.1 Å². The lowest BCUT2D eigenvalue weighted by Gasteiger charge is -2.15. The van der Waals surface area contributed by atoms with Crippen LogP contribution in [0.5, 0.6) is 0 Å². The van der Waals surface area contributed by atoms with Crippen molar-refractivity contribution in [3.8, 4) is 0 Å². The van der Waals surface area contributed by atoms with Crippen molar-refractivity contribution in [1.29, 1.82) is 0 Å². The van der Waals surface area contributed by atoms with Crippen LogP contribution in [0, 0.1) is 0 Å². The fourth-order valence-corrected chi connectivity index (χ4v) is 2.36. The average Bonchev–Trinajstić information content (AvgIpc) is 2.63. The Balaban J connectivity index is 0.000000268. The fourth-order valence-electron chi connectivity index (χ4n) is 2.36. The second kappa shape index (κ2) is 9.21. The van der Waals surface area contributed by atoms with Crippen LogP contribution in [-0.4, -0.2) is 11.1 Å². The topological polar surface area (TPSA) is 37.3 Å². The fraction of sp³-hybridized carbons (Fsp3) is 0.0952. The lowest BCUT2D eigenvalue weighted by Crippen LogP contribution is -2.07. The molecule has 3 aromatic rings. The highest BCUT2D eigenvalue weighted by Gasteiger charge is 2.16. The van der Waals surface area contributed by atoms with Gasteiger partial charge < -0.3 is 5.11 Å². The summed E-state index contributed by atoms with van der Waals surface area (Å²) in [5.41, 5.74) is 2.09. The highest BCUT2D eigenvalue weighted by Crippen LogP contribution is 2.27. The minimum Gasteiger partial charge on any atom is -0.481 e. The molecule has 1 N–H and O–H groups in total. The predicted molar refractivity (Wildman–Crippen MR) is 93.4 cm³/mol. The third-order valence-electron chi connectivity index (χ3n) is 3.45. The van der Waals surface area contributed by atoms with Gasteiger partial charge in [-0.2, -0.15) is 0 Å². The van der Waals surface area contributed by atoms with Crippen molar-refractivity contribution in [2.45, 2.75) is 12.3 Å². The van der Waals surface area contributed by atoms with E-state index in [0.29, 0.717) is 0 Å². The maximum Gasteiger partial charge on any atom is 0.304 e. The van der Waals surface area contributed by atoms with E-state index in [4.69, 9.17) is 5.11 Å². The molecule has 0 aliphatic rings. The van der Waals surface area contributed by atoms with Crippen LogP contribution in [-0.2, 0) is 4.79 Å². The molecule has 0 aliphatic heterocycles. The summed E-state index contributed by atoms with van der Waals surface area (Å²) >= 11 is 0. The summed E-state index contributed by atoms with van der Waals surface area (Å²) in [4.78, 5) is 11.0. The van der Waals surface area contributed by atoms with E-state index in [0.717, 1.165) is 11.1 Å². The van der Waals surface area contributed by atoms with Crippen LogP contribution in [0.2, 0.25) is 0 Å². The summed E-state index contributed by atoms with van der Waals surface area (Å²) in [7, 11) is 0. The molecule has 0 aliphatic carbocycles. The second-order valence-electron chi connectivity index (χ2n) is 5.13. The Morgan fingerprint density at radius 2 is 0.957 bits per heavy atom. The molecule has 2 heteroatoms. The molecule has 23 heavy (non-hydrogen) atoms. The van der Waals surface area contributed by atoms with Gasteiger partial charge >= 0.3 is 5.97 Å². The van der Waals surface area contributed by atoms with Gasteiger partial charge in [0, 0.05) is 5.92 Å². The van der Waals surface area contributed by atoms with E-state index >= 15 is 0 Å². The largest absolute Gasteiger partial charge is 0.481 e. The lowest BCUT2D eigenvalue weighted by atomic mass is 9.89. The Kier molecular flexibility index (Phi) is 6.61. The molecule has 0 saturated carbocycles. The summed E-state index contributed by atoms with van der Waals surface area (Å²) in [6.45, 7) is 0. The SMILES string of the molecule is O=C(O)CC(c1ccccc1)c1ccccc1.c1ccccc1. The maximum atomic E-state index is 11.0. The number of carbonyl (C=O) groups is 1. The third kappa shape index (κ3) is 5.79. The number of rotatable bonds is 4. The van der Waals surface area contributed by atoms with Crippen molar-refractivity contribution in [3.05, 3.63) is 108 Å². The zero-order valence-corrected chi connectivity index (χ0v) is 12.9. The zero-order valence-electron chi connectivity index (χ0n) is 12.9. The molecule has 116 valence electrons. The Morgan fingerprint density at radius 1 is 0.652 bits per heavy atom. The lowest BCUT2D eigenvalue weighted by molar-refractivity contribution is -0.137. The molecule has 2 nitrogen and oxygen atoms in total. The molecule has 0 spiro atoms. The van der Waals surface area contributed by atoms with E-state index in [2.05, 4.69) is 0 Å². The number of carboxylic acid groups (broad SMARTS) is 1. The van der Waals surface area contributed by atoms with Crippen LogP contribution in [0.15, 0.2) is 97.1 Å². The van der Waals surface area contributed by atoms with Crippen molar-refractivity contribution in [2.75, 3.05) is 0 Å². The van der Waals surface area contributed by atoms with Gasteiger partial charge in [0.2, 0.25) is 0 Å². The third-order valence-corrected chi connectivity index (χ3v) is 3.45. The van der Waals surface area contributed by atoms with E-state index in [9.17, 15) is 4.79 Å². The summed E-state index contributed by atoms with van der Waals surface area (Å²) in [5.74, 6) is -0.849. The van der Waals surface area contributed by atoms with Crippen LogP contribution >= 0.6 is 0 Å². The Bertz CT molecular complexity index is 613. The first-order chi connectivity index (χ1) is 11.3. The molecule has 0 saturated heterocycles. The van der Waals surface area contributed by atoms with Gasteiger partial charge in [-0.3, -0.25) is 4.79 Å². The molecule has 0 atom stereocenters. The first-order valence-electron chi connectivity index (χ1n) is 7.59. The highest BCUT2D eigenvalue weighted by atomic mass is 16.4. The molecular weight excluding hydrogens is 284 g/mol. The van der Waals surface area contributed by atoms with Crippen LogP contribution in [0.4, 0.5) is 0 Å². The number of hydrogen-bond acceptors (Lipinski definition) is 1. The monoisotopic (exact) mass is 304 g/mol. The number of carboxylic acids is 1. The van der Waals surface area contributed by atoms with Crippen molar-refractivity contribution in [3.63, 3.8) is 0 Å². The second-order valence-corrected chi connectivity index (χ2v) is 5.13. The van der Waals surface area contributed by atoms with E-state index in [-0.39, 0.29) is 12.3 Å². The summed E-state index contributed by atoms with van der Waals surface area (Å²) in [6, 6.07) is 31.5. The smallest absolute Gasteiger partial charge is 0.304 e. The molecule has 3 rings (SSSR count). The van der Waals surface area contributed by atoms with E-state index in [1.807, 2.05) is 97.1 Å². The minimum atomic E-state index is -0.775. The molecule has 0 heterocycles. The first kappa shape index (κ1) is 16.5. The minimum absolute atomic E-state index is 0.0742. The van der Waals surface area contributed by atoms with Gasteiger partial charge in [-0.25, -0.2) is 0 Å². The summed E-state index contributed by atoms with van der Waals surface area (Å²) < 4.78 is 0. The Labute approximate surface area is 137 Å². The van der Waals surface area contributed by atoms with Gasteiger partial charge in [-0.15, -0.1) is 0 Å². The zero-order chi connectivity index (χ0) is 16.3. The van der Waals surface area contributed by atoms with Gasteiger partial charge in [0.15, 0.2) is 0 Å². The van der Waals surface area contributed by atoms with Crippen molar-refractivity contribution in [2.24, 2.45) is 0 Å². The van der Waals surface area contributed by atoms with Crippen molar-refractivity contribution >= 4 is 5.97 Å². The molecule has 0 unspecified atom stereocenters. The van der Waals surface area contributed by atoms with Crippen LogP contribution in [0.3, 0.4) is 0 Å². The Hall–Kier alpha value is -2.87. The first-order valence-corrected chi connectivity index (χ1v) is 7.59. The van der Waals surface area contributed by atoms with Crippen molar-refractivity contribution in [1.82, 2.24) is 0 Å². The summed E-state index contributed by atoms with van der Waals surface area (Å²) in [6.07, 6.45) is 0.119. The van der Waals surface area contributed by atoms with Crippen LogP contribution in [0.1, 0.15) is 23.5 Å². The normalized spacial score (nSPS) is 9.78. The van der Waals surface area contributed by atoms with Crippen LogP contribution in [0.25, 0.3) is 0 Å². The number of benzene rings is 3. The molecular formula is C21H20O2. The van der Waals surface area contributed by atoms with Crippen molar-refractivity contribution < 1.29 is 9.90 Å². The van der Waals surface area contributed by atoms with E-state index < -0.39 is 5.97 Å². The molecule has 0 radical (unpaired) electrons. The van der Waals surface area contributed by atoms with Crippen LogP contribution < -0.4 is 0 Å². The molecule has 0 bridgehead atoms. The average molecular weight is 304 g/mol. The molecule has 0 aromatic heterocycles. The van der Waals surface area contributed by atoms with E-state index in [1.54, 1.807) is 0 Å². The van der Waals surface area contributed by atoms with Gasteiger partial charge in [0.1, 0.15) is 0 Å². The highest BCUT2D eigenvalue weighted by molar-refractivity contribution is 5.69. The molecule has 0 fully saturated rings. The quantitative estimate of drug-likeness (QED) is 0.738. The Morgan fingerprint density at radius 3 is 1.26 bits per heavy atom. The maximum absolute atomic E-state index is 11.0. The van der Waals surface area contributed by atoms with E-state index in [1.165, 1.54) is 0 Å². The number of hydrogen-bond donors (Lipinski definition) is 1. The standard InChI is InChI=1S/C15H14O2.C6H6/c16-15(17)11-14(12-7-3-1-4-8-12)13-9-5-2-6-10-13;1-2-4-6-5-3-1/h1-10,14H,11H2,(H,16,17);1-6H. The number of aliphatic carboxylic acids is 1. The molecule has 0 amide bonds. The van der Waals surface area contributed by atoms with Gasteiger partial charge in [-0.1, -0.05) is 97.1 Å².